The Morgan fingerprint density at radius 3 is 2.07 bits per heavy atom. The molecule has 0 unspecified atom stereocenters. The van der Waals surface area contributed by atoms with Gasteiger partial charge < -0.3 is 9.84 Å². The summed E-state index contributed by atoms with van der Waals surface area (Å²) in [6.45, 7) is 0.638. The minimum atomic E-state index is -0.910. The van der Waals surface area contributed by atoms with E-state index in [0.29, 0.717) is 12.2 Å². The van der Waals surface area contributed by atoms with Crippen molar-refractivity contribution in [1.82, 2.24) is 0 Å². The molecule has 0 aromatic heterocycles. The van der Waals surface area contributed by atoms with E-state index in [9.17, 15) is 25.3 Å². The molecule has 2 atom stereocenters. The molecular formula is C16H13Cl3N2O6. The van der Waals surface area contributed by atoms with Crippen LogP contribution in [-0.4, -0.2) is 27.4 Å². The van der Waals surface area contributed by atoms with Crippen molar-refractivity contribution < 1.29 is 19.7 Å². The standard InChI is InChI=1S/C8H7Cl2NO3.C8H6ClNO3/c9-4-8(12)5-1-2-6(10)7(3-5)11(13)14;9-6-2-1-5(8-4-13-8)3-7(6)10(11)12/h1-3,8,12H,4H2;1-3,8H,4H2/t2*8-/m00/s1. The zero-order chi connectivity index (χ0) is 20.1. The molecule has 1 aliphatic rings. The fourth-order valence-corrected chi connectivity index (χ4v) is 2.63. The molecule has 1 heterocycles. The number of benzene rings is 2. The van der Waals surface area contributed by atoms with E-state index in [0.717, 1.165) is 5.56 Å². The molecule has 3 rings (SSSR count). The molecule has 11 heteroatoms. The highest BCUT2D eigenvalue weighted by Gasteiger charge is 2.27. The number of epoxide rings is 1. The molecule has 144 valence electrons. The Balaban J connectivity index is 0.000000194. The fraction of sp³-hybridized carbons (Fsp3) is 0.250. The molecule has 27 heavy (non-hydrogen) atoms. The molecule has 8 nitrogen and oxygen atoms in total. The van der Waals surface area contributed by atoms with Crippen LogP contribution in [0.4, 0.5) is 11.4 Å². The van der Waals surface area contributed by atoms with Crippen LogP contribution in [0.25, 0.3) is 0 Å². The molecule has 0 aliphatic carbocycles. The number of nitro benzene ring substituents is 2. The molecule has 0 saturated carbocycles. The summed E-state index contributed by atoms with van der Waals surface area (Å²) in [6.07, 6.45) is -0.886. The molecule has 0 bridgehead atoms. The molecule has 1 N–H and O–H groups in total. The van der Waals surface area contributed by atoms with Crippen LogP contribution in [0.3, 0.4) is 0 Å². The molecule has 2 aromatic rings. The van der Waals surface area contributed by atoms with Gasteiger partial charge in [-0.25, -0.2) is 0 Å². The average Bonchev–Trinajstić information content (AvgIpc) is 3.47. The zero-order valence-corrected chi connectivity index (χ0v) is 15.8. The summed E-state index contributed by atoms with van der Waals surface area (Å²) >= 11 is 16.6. The van der Waals surface area contributed by atoms with E-state index in [4.69, 9.17) is 39.5 Å². The van der Waals surface area contributed by atoms with Gasteiger partial charge in [-0.2, -0.15) is 0 Å². The number of hydrogen-bond donors (Lipinski definition) is 1. The Morgan fingerprint density at radius 2 is 1.59 bits per heavy atom. The van der Waals surface area contributed by atoms with Crippen LogP contribution in [-0.2, 0) is 4.74 Å². The van der Waals surface area contributed by atoms with Gasteiger partial charge in [-0.1, -0.05) is 35.3 Å². The van der Waals surface area contributed by atoms with E-state index >= 15 is 0 Å². The third-order valence-electron chi connectivity index (χ3n) is 3.57. The summed E-state index contributed by atoms with van der Waals surface area (Å²) in [5.41, 5.74) is 0.912. The molecular weight excluding hydrogens is 423 g/mol. The van der Waals surface area contributed by atoms with Gasteiger partial charge in [-0.15, -0.1) is 11.6 Å². The van der Waals surface area contributed by atoms with Gasteiger partial charge in [0.2, 0.25) is 0 Å². The molecule has 1 aliphatic heterocycles. The third kappa shape index (κ3) is 5.75. The number of ether oxygens (including phenoxy) is 1. The van der Waals surface area contributed by atoms with Gasteiger partial charge in [-0.3, -0.25) is 20.2 Å². The Kier molecular flexibility index (Phi) is 7.34. The van der Waals surface area contributed by atoms with Crippen LogP contribution in [0.15, 0.2) is 36.4 Å². The predicted molar refractivity (Wildman–Crippen MR) is 101 cm³/mol. The molecule has 0 radical (unpaired) electrons. The third-order valence-corrected chi connectivity index (χ3v) is 4.50. The van der Waals surface area contributed by atoms with Gasteiger partial charge in [0.1, 0.15) is 16.1 Å². The van der Waals surface area contributed by atoms with Gasteiger partial charge in [-0.05, 0) is 23.3 Å². The van der Waals surface area contributed by atoms with Crippen molar-refractivity contribution in [1.29, 1.82) is 0 Å². The summed E-state index contributed by atoms with van der Waals surface area (Å²) < 4.78 is 5.00. The molecule has 2 aromatic carbocycles. The number of nitrogens with zero attached hydrogens (tertiary/aromatic N) is 2. The lowest BCUT2D eigenvalue weighted by molar-refractivity contribution is -0.384. The number of aliphatic hydroxyl groups is 1. The second kappa shape index (κ2) is 9.29. The van der Waals surface area contributed by atoms with Crippen molar-refractivity contribution in [2.24, 2.45) is 0 Å². The Morgan fingerprint density at radius 1 is 1.07 bits per heavy atom. The minimum Gasteiger partial charge on any atom is -0.387 e. The van der Waals surface area contributed by atoms with E-state index in [1.165, 1.54) is 30.3 Å². The maximum atomic E-state index is 10.5. The van der Waals surface area contributed by atoms with Gasteiger partial charge in [0.15, 0.2) is 0 Å². The lowest BCUT2D eigenvalue weighted by Gasteiger charge is -2.06. The van der Waals surface area contributed by atoms with Crippen LogP contribution in [0, 0.1) is 20.2 Å². The highest BCUT2D eigenvalue weighted by atomic mass is 35.5. The average molecular weight is 436 g/mol. The summed E-state index contributed by atoms with van der Waals surface area (Å²) in [4.78, 5) is 19.9. The number of nitro groups is 2. The SMILES string of the molecule is O=[N+]([O-])c1cc([C@@H](O)CCl)ccc1Cl.O=[N+]([O-])c1cc([C@@H]2CO2)ccc1Cl. The summed E-state index contributed by atoms with van der Waals surface area (Å²) in [5.74, 6) is -0.0151. The van der Waals surface area contributed by atoms with Crippen molar-refractivity contribution in [2.75, 3.05) is 12.5 Å². The Hall–Kier alpha value is -1.97. The van der Waals surface area contributed by atoms with E-state index in [2.05, 4.69) is 0 Å². The van der Waals surface area contributed by atoms with Crippen LogP contribution in [0.1, 0.15) is 23.3 Å². The van der Waals surface area contributed by atoms with Crippen molar-refractivity contribution in [2.45, 2.75) is 12.2 Å². The summed E-state index contributed by atoms with van der Waals surface area (Å²) in [7, 11) is 0. The minimum absolute atomic E-state index is 0.0151. The maximum Gasteiger partial charge on any atom is 0.288 e. The Labute approximate surface area is 168 Å². The first kappa shape index (κ1) is 21.3. The second-order valence-electron chi connectivity index (χ2n) is 5.43. The van der Waals surface area contributed by atoms with Gasteiger partial charge >= 0.3 is 0 Å². The predicted octanol–water partition coefficient (Wildman–Crippen LogP) is 4.84. The van der Waals surface area contributed by atoms with Crippen LogP contribution in [0.2, 0.25) is 10.0 Å². The lowest BCUT2D eigenvalue weighted by Crippen LogP contribution is -2.00. The van der Waals surface area contributed by atoms with E-state index < -0.39 is 16.0 Å². The zero-order valence-electron chi connectivity index (χ0n) is 13.5. The molecule has 0 amide bonds. The number of hydrogen-bond acceptors (Lipinski definition) is 6. The van der Waals surface area contributed by atoms with Crippen molar-refractivity contribution in [3.8, 4) is 0 Å². The fourth-order valence-electron chi connectivity index (χ4n) is 2.08. The number of alkyl halides is 1. The number of aliphatic hydroxyl groups excluding tert-OH is 1. The summed E-state index contributed by atoms with van der Waals surface area (Å²) in [6, 6.07) is 8.81. The van der Waals surface area contributed by atoms with E-state index in [-0.39, 0.29) is 33.4 Å². The lowest BCUT2D eigenvalue weighted by atomic mass is 10.1. The largest absolute Gasteiger partial charge is 0.387 e. The highest BCUT2D eigenvalue weighted by Crippen LogP contribution is 2.34. The van der Waals surface area contributed by atoms with Crippen LogP contribution >= 0.6 is 34.8 Å². The van der Waals surface area contributed by atoms with Gasteiger partial charge in [0.25, 0.3) is 11.4 Å². The Bertz CT molecular complexity index is 860. The monoisotopic (exact) mass is 434 g/mol. The van der Waals surface area contributed by atoms with Crippen LogP contribution in [0.5, 0.6) is 0 Å². The van der Waals surface area contributed by atoms with E-state index in [1.807, 2.05) is 0 Å². The van der Waals surface area contributed by atoms with E-state index in [1.54, 1.807) is 6.07 Å². The first-order chi connectivity index (χ1) is 12.7. The van der Waals surface area contributed by atoms with Crippen LogP contribution < -0.4 is 0 Å². The molecule has 1 fully saturated rings. The molecule has 0 spiro atoms. The quantitative estimate of drug-likeness (QED) is 0.310. The number of rotatable bonds is 5. The second-order valence-corrected chi connectivity index (χ2v) is 6.55. The maximum absolute atomic E-state index is 10.5. The smallest absolute Gasteiger partial charge is 0.288 e. The van der Waals surface area contributed by atoms with Gasteiger partial charge in [0.05, 0.1) is 28.4 Å². The van der Waals surface area contributed by atoms with Gasteiger partial charge in [0, 0.05) is 12.1 Å². The molecule has 1 saturated heterocycles. The van der Waals surface area contributed by atoms with Crippen molar-refractivity contribution >= 4 is 46.2 Å². The number of halogens is 3. The summed E-state index contributed by atoms with van der Waals surface area (Å²) in [5, 5.41) is 30.5. The first-order valence-electron chi connectivity index (χ1n) is 7.48. The highest BCUT2D eigenvalue weighted by molar-refractivity contribution is 6.33. The van der Waals surface area contributed by atoms with Crippen molar-refractivity contribution in [3.63, 3.8) is 0 Å². The first-order valence-corrected chi connectivity index (χ1v) is 8.77. The normalized spacial score (nSPS) is 16.1. The van der Waals surface area contributed by atoms with Crippen molar-refractivity contribution in [3.05, 3.63) is 77.8 Å². The topological polar surface area (TPSA) is 119 Å².